The standard InChI is InChI=1S/C13H20ClN3O/c1-17(9-5-4-8-13(18)16-15)10-11-6-2-3-7-12(11)14/h2-3,6-7H,4-5,8-10,15H2,1H3,(H,16,18). The molecule has 0 saturated carbocycles. The fourth-order valence-corrected chi connectivity index (χ4v) is 1.93. The highest BCUT2D eigenvalue weighted by molar-refractivity contribution is 6.31. The van der Waals surface area contributed by atoms with Crippen LogP contribution in [0.1, 0.15) is 24.8 Å². The molecule has 0 aliphatic heterocycles. The number of rotatable bonds is 7. The van der Waals surface area contributed by atoms with Crippen molar-refractivity contribution >= 4 is 17.5 Å². The van der Waals surface area contributed by atoms with Gasteiger partial charge in [-0.05, 0) is 38.1 Å². The molecule has 0 heterocycles. The van der Waals surface area contributed by atoms with E-state index in [-0.39, 0.29) is 5.91 Å². The third kappa shape index (κ3) is 5.49. The first-order valence-electron chi connectivity index (χ1n) is 6.05. The maximum atomic E-state index is 10.9. The van der Waals surface area contributed by atoms with E-state index in [9.17, 15) is 4.79 Å². The van der Waals surface area contributed by atoms with Crippen molar-refractivity contribution in [2.75, 3.05) is 13.6 Å². The summed E-state index contributed by atoms with van der Waals surface area (Å²) < 4.78 is 0. The van der Waals surface area contributed by atoms with Crippen molar-refractivity contribution in [3.8, 4) is 0 Å². The summed E-state index contributed by atoms with van der Waals surface area (Å²) in [6.45, 7) is 1.76. The number of nitrogens with zero attached hydrogens (tertiary/aromatic N) is 1. The van der Waals surface area contributed by atoms with Crippen LogP contribution < -0.4 is 11.3 Å². The second-order valence-electron chi connectivity index (χ2n) is 4.35. The van der Waals surface area contributed by atoms with E-state index in [0.717, 1.165) is 36.5 Å². The first-order valence-corrected chi connectivity index (χ1v) is 6.42. The smallest absolute Gasteiger partial charge is 0.233 e. The maximum absolute atomic E-state index is 10.9. The molecule has 0 aliphatic rings. The summed E-state index contributed by atoms with van der Waals surface area (Å²) in [5.41, 5.74) is 3.26. The second kappa shape index (κ2) is 8.08. The number of benzene rings is 1. The molecule has 0 aromatic heterocycles. The Morgan fingerprint density at radius 3 is 2.78 bits per heavy atom. The largest absolute Gasteiger partial charge is 0.302 e. The van der Waals surface area contributed by atoms with Gasteiger partial charge in [0.25, 0.3) is 0 Å². The molecule has 1 amide bonds. The van der Waals surface area contributed by atoms with Crippen LogP contribution >= 0.6 is 11.6 Å². The zero-order valence-corrected chi connectivity index (χ0v) is 11.4. The van der Waals surface area contributed by atoms with Gasteiger partial charge in [0.2, 0.25) is 5.91 Å². The van der Waals surface area contributed by atoms with Gasteiger partial charge in [-0.3, -0.25) is 10.2 Å². The van der Waals surface area contributed by atoms with Crippen molar-refractivity contribution in [2.45, 2.75) is 25.8 Å². The van der Waals surface area contributed by atoms with Crippen LogP contribution in [0.3, 0.4) is 0 Å². The first-order chi connectivity index (χ1) is 8.63. The third-order valence-electron chi connectivity index (χ3n) is 2.75. The van der Waals surface area contributed by atoms with E-state index in [1.807, 2.05) is 31.3 Å². The molecule has 1 aromatic rings. The number of carbonyl (C=O) groups excluding carboxylic acids is 1. The predicted molar refractivity (Wildman–Crippen MR) is 74.0 cm³/mol. The summed E-state index contributed by atoms with van der Waals surface area (Å²) in [6, 6.07) is 7.84. The SMILES string of the molecule is CN(CCCCC(=O)NN)Cc1ccccc1Cl. The molecule has 1 aromatic carbocycles. The van der Waals surface area contributed by atoms with Crippen molar-refractivity contribution in [2.24, 2.45) is 5.84 Å². The van der Waals surface area contributed by atoms with Gasteiger partial charge in [-0.25, -0.2) is 5.84 Å². The van der Waals surface area contributed by atoms with Gasteiger partial charge >= 0.3 is 0 Å². The summed E-state index contributed by atoms with van der Waals surface area (Å²) in [7, 11) is 2.05. The normalized spacial score (nSPS) is 10.7. The molecule has 0 aliphatic carbocycles. The molecule has 0 saturated heterocycles. The number of nitrogens with two attached hydrogens (primary N) is 1. The molecular formula is C13H20ClN3O. The summed E-state index contributed by atoms with van der Waals surface area (Å²) in [4.78, 5) is 13.1. The summed E-state index contributed by atoms with van der Waals surface area (Å²) >= 11 is 6.10. The molecule has 0 spiro atoms. The number of carbonyl (C=O) groups is 1. The fourth-order valence-electron chi connectivity index (χ4n) is 1.74. The second-order valence-corrected chi connectivity index (χ2v) is 4.76. The van der Waals surface area contributed by atoms with E-state index < -0.39 is 0 Å². The van der Waals surface area contributed by atoms with Gasteiger partial charge in [0.1, 0.15) is 0 Å². The average molecular weight is 270 g/mol. The minimum absolute atomic E-state index is 0.108. The highest BCUT2D eigenvalue weighted by Crippen LogP contribution is 2.16. The van der Waals surface area contributed by atoms with Crippen molar-refractivity contribution in [3.05, 3.63) is 34.9 Å². The van der Waals surface area contributed by atoms with Crippen LogP contribution in [0, 0.1) is 0 Å². The number of amides is 1. The third-order valence-corrected chi connectivity index (χ3v) is 3.12. The number of unbranched alkanes of at least 4 members (excludes halogenated alkanes) is 1. The lowest BCUT2D eigenvalue weighted by Crippen LogP contribution is -2.29. The zero-order valence-electron chi connectivity index (χ0n) is 10.7. The minimum atomic E-state index is -0.108. The topological polar surface area (TPSA) is 58.4 Å². The quantitative estimate of drug-likeness (QED) is 0.344. The van der Waals surface area contributed by atoms with Gasteiger partial charge in [-0.2, -0.15) is 0 Å². The number of hydrogen-bond acceptors (Lipinski definition) is 3. The van der Waals surface area contributed by atoms with E-state index in [1.54, 1.807) is 0 Å². The van der Waals surface area contributed by atoms with E-state index in [2.05, 4.69) is 10.3 Å². The number of halogens is 1. The van der Waals surface area contributed by atoms with Crippen molar-refractivity contribution in [1.82, 2.24) is 10.3 Å². The Bertz CT molecular complexity index is 384. The Morgan fingerprint density at radius 2 is 2.11 bits per heavy atom. The average Bonchev–Trinajstić information content (AvgIpc) is 2.37. The molecular weight excluding hydrogens is 250 g/mol. The molecule has 4 nitrogen and oxygen atoms in total. The number of hydrogen-bond donors (Lipinski definition) is 2. The zero-order chi connectivity index (χ0) is 13.4. The van der Waals surface area contributed by atoms with E-state index in [1.165, 1.54) is 0 Å². The van der Waals surface area contributed by atoms with Crippen molar-refractivity contribution < 1.29 is 4.79 Å². The van der Waals surface area contributed by atoms with Crippen molar-refractivity contribution in [3.63, 3.8) is 0 Å². The Hall–Kier alpha value is -1.10. The molecule has 3 N–H and O–H groups in total. The van der Waals surface area contributed by atoms with Crippen LogP contribution in [0.4, 0.5) is 0 Å². The monoisotopic (exact) mass is 269 g/mol. The van der Waals surface area contributed by atoms with Gasteiger partial charge in [-0.1, -0.05) is 29.8 Å². The van der Waals surface area contributed by atoms with Crippen LogP contribution in [0.5, 0.6) is 0 Å². The van der Waals surface area contributed by atoms with Crippen LogP contribution in [-0.2, 0) is 11.3 Å². The van der Waals surface area contributed by atoms with E-state index in [0.29, 0.717) is 6.42 Å². The van der Waals surface area contributed by atoms with Crippen LogP contribution in [0.25, 0.3) is 0 Å². The molecule has 0 unspecified atom stereocenters. The summed E-state index contributed by atoms with van der Waals surface area (Å²) in [5.74, 6) is 4.90. The van der Waals surface area contributed by atoms with Crippen LogP contribution in [0.2, 0.25) is 5.02 Å². The molecule has 0 fully saturated rings. The lowest BCUT2D eigenvalue weighted by molar-refractivity contribution is -0.121. The first kappa shape index (κ1) is 15.0. The number of nitrogens with one attached hydrogen (secondary N) is 1. The van der Waals surface area contributed by atoms with Gasteiger partial charge < -0.3 is 4.90 Å². The molecule has 1 rings (SSSR count). The Balaban J connectivity index is 2.24. The molecule has 0 radical (unpaired) electrons. The van der Waals surface area contributed by atoms with Gasteiger partial charge in [0.05, 0.1) is 0 Å². The molecule has 18 heavy (non-hydrogen) atoms. The van der Waals surface area contributed by atoms with Gasteiger partial charge in [-0.15, -0.1) is 0 Å². The highest BCUT2D eigenvalue weighted by atomic mass is 35.5. The minimum Gasteiger partial charge on any atom is -0.302 e. The van der Waals surface area contributed by atoms with Gasteiger partial charge in [0.15, 0.2) is 0 Å². The van der Waals surface area contributed by atoms with Crippen molar-refractivity contribution in [1.29, 1.82) is 0 Å². The lowest BCUT2D eigenvalue weighted by atomic mass is 10.2. The Labute approximate surface area is 113 Å². The van der Waals surface area contributed by atoms with Gasteiger partial charge in [0, 0.05) is 18.0 Å². The number of hydrazine groups is 1. The molecule has 0 atom stereocenters. The van der Waals surface area contributed by atoms with E-state index >= 15 is 0 Å². The molecule has 0 bridgehead atoms. The molecule has 5 heteroatoms. The summed E-state index contributed by atoms with van der Waals surface area (Å²) in [5, 5.41) is 0.798. The van der Waals surface area contributed by atoms with Crippen LogP contribution in [0.15, 0.2) is 24.3 Å². The van der Waals surface area contributed by atoms with E-state index in [4.69, 9.17) is 17.4 Å². The Morgan fingerprint density at radius 1 is 1.39 bits per heavy atom. The van der Waals surface area contributed by atoms with Crippen LogP contribution in [-0.4, -0.2) is 24.4 Å². The fraction of sp³-hybridized carbons (Fsp3) is 0.462. The summed E-state index contributed by atoms with van der Waals surface area (Å²) in [6.07, 6.45) is 2.29. The predicted octanol–water partition coefficient (Wildman–Crippen LogP) is 1.93. The Kier molecular flexibility index (Phi) is 6.72. The maximum Gasteiger partial charge on any atom is 0.233 e. The highest BCUT2D eigenvalue weighted by Gasteiger charge is 2.04. The molecule has 100 valence electrons. The lowest BCUT2D eigenvalue weighted by Gasteiger charge is -2.17.